The van der Waals surface area contributed by atoms with Gasteiger partial charge >= 0.3 is 15.5 Å². The highest BCUT2D eigenvalue weighted by Crippen LogP contribution is 2.33. The molecule has 0 aliphatic heterocycles. The van der Waals surface area contributed by atoms with E-state index in [1.54, 1.807) is 6.92 Å². The lowest BCUT2D eigenvalue weighted by atomic mass is 10.1. The van der Waals surface area contributed by atoms with E-state index in [4.69, 9.17) is 0 Å². The van der Waals surface area contributed by atoms with Crippen LogP contribution in [0.25, 0.3) is 0 Å². The summed E-state index contributed by atoms with van der Waals surface area (Å²) < 4.78 is 60.8. The first-order chi connectivity index (χ1) is 9.37. The van der Waals surface area contributed by atoms with Gasteiger partial charge in [-0.2, -0.15) is 21.6 Å². The van der Waals surface area contributed by atoms with Crippen molar-refractivity contribution in [2.24, 2.45) is 0 Å². The monoisotopic (exact) mass is 324 g/mol. The van der Waals surface area contributed by atoms with Gasteiger partial charge in [-0.25, -0.2) is 0 Å². The van der Waals surface area contributed by atoms with Crippen molar-refractivity contribution in [3.63, 3.8) is 0 Å². The van der Waals surface area contributed by atoms with Gasteiger partial charge in [0.05, 0.1) is 5.69 Å². The van der Waals surface area contributed by atoms with Gasteiger partial charge in [-0.3, -0.25) is 9.10 Å². The van der Waals surface area contributed by atoms with Crippen LogP contribution in [0.5, 0.6) is 0 Å². The molecular formula is C12H15F3N2O3S. The minimum absolute atomic E-state index is 0.151. The van der Waals surface area contributed by atoms with Gasteiger partial charge in [0.2, 0.25) is 5.91 Å². The number of rotatable bonds is 3. The third kappa shape index (κ3) is 3.46. The summed E-state index contributed by atoms with van der Waals surface area (Å²) in [5.74, 6) is -0.408. The number of aryl methyl sites for hydroxylation is 2. The number of nitrogens with zero attached hydrogens (tertiary/aromatic N) is 1. The van der Waals surface area contributed by atoms with Crippen LogP contribution in [-0.2, 0) is 14.8 Å². The van der Waals surface area contributed by atoms with Crippen LogP contribution >= 0.6 is 0 Å². The number of alkyl halides is 3. The SMILES string of the molecule is CC(=O)Nc1cc(N(C)S(=O)(=O)C(F)(F)F)c(C)cc1C. The van der Waals surface area contributed by atoms with Gasteiger partial charge in [-0.15, -0.1) is 0 Å². The molecule has 0 fully saturated rings. The second-order valence-electron chi connectivity index (χ2n) is 4.55. The Morgan fingerprint density at radius 1 is 1.19 bits per heavy atom. The fourth-order valence-electron chi connectivity index (χ4n) is 1.79. The number of hydrogen-bond donors (Lipinski definition) is 1. The smallest absolute Gasteiger partial charge is 0.326 e. The van der Waals surface area contributed by atoms with Gasteiger partial charge in [0.25, 0.3) is 0 Å². The molecular weight excluding hydrogens is 309 g/mol. The summed E-state index contributed by atoms with van der Waals surface area (Å²) in [6.07, 6.45) is 0. The molecule has 0 aliphatic carbocycles. The molecule has 0 spiro atoms. The molecule has 9 heteroatoms. The maximum absolute atomic E-state index is 12.6. The van der Waals surface area contributed by atoms with Crippen molar-refractivity contribution in [2.45, 2.75) is 26.3 Å². The summed E-state index contributed by atoms with van der Waals surface area (Å²) in [5, 5.41) is 2.44. The zero-order valence-corrected chi connectivity index (χ0v) is 12.7. The van der Waals surface area contributed by atoms with Crippen molar-refractivity contribution in [2.75, 3.05) is 16.7 Å². The molecule has 1 rings (SSSR count). The predicted molar refractivity (Wildman–Crippen MR) is 73.6 cm³/mol. The summed E-state index contributed by atoms with van der Waals surface area (Å²) in [6.45, 7) is 4.39. The fourth-order valence-corrected chi connectivity index (χ4v) is 2.56. The Morgan fingerprint density at radius 2 is 1.71 bits per heavy atom. The van der Waals surface area contributed by atoms with E-state index >= 15 is 0 Å². The van der Waals surface area contributed by atoms with Crippen LogP contribution in [0.2, 0.25) is 0 Å². The normalized spacial score (nSPS) is 12.1. The molecule has 0 aliphatic rings. The van der Waals surface area contributed by atoms with Gasteiger partial charge in [-0.1, -0.05) is 6.07 Å². The van der Waals surface area contributed by atoms with E-state index in [0.29, 0.717) is 11.1 Å². The van der Waals surface area contributed by atoms with Crippen molar-refractivity contribution in [3.8, 4) is 0 Å². The summed E-state index contributed by atoms with van der Waals surface area (Å²) in [6, 6.07) is 2.71. The molecule has 1 amide bonds. The highest BCUT2D eigenvalue weighted by atomic mass is 32.2. The number of anilines is 2. The van der Waals surface area contributed by atoms with Crippen LogP contribution in [0.1, 0.15) is 18.1 Å². The van der Waals surface area contributed by atoms with E-state index in [0.717, 1.165) is 7.05 Å². The minimum atomic E-state index is -5.49. The molecule has 21 heavy (non-hydrogen) atoms. The topological polar surface area (TPSA) is 66.5 Å². The number of benzene rings is 1. The molecule has 0 radical (unpaired) electrons. The lowest BCUT2D eigenvalue weighted by molar-refractivity contribution is -0.114. The molecule has 118 valence electrons. The first kappa shape index (κ1) is 17.3. The largest absolute Gasteiger partial charge is 0.516 e. The Labute approximate surface area is 120 Å². The maximum atomic E-state index is 12.6. The standard InChI is InChI=1S/C12H15F3N2O3S/c1-7-5-8(2)11(6-10(7)16-9(3)18)17(4)21(19,20)12(13,14)15/h5-6H,1-4H3,(H,16,18). The number of amides is 1. The molecule has 0 heterocycles. The molecule has 0 aromatic heterocycles. The van der Waals surface area contributed by atoms with Gasteiger partial charge in [0.1, 0.15) is 0 Å². The molecule has 1 aromatic carbocycles. The van der Waals surface area contributed by atoms with Crippen molar-refractivity contribution in [1.82, 2.24) is 0 Å². The average Bonchev–Trinajstić information content (AvgIpc) is 2.29. The van der Waals surface area contributed by atoms with E-state index < -0.39 is 21.4 Å². The molecule has 1 aromatic rings. The minimum Gasteiger partial charge on any atom is -0.326 e. The van der Waals surface area contributed by atoms with Crippen molar-refractivity contribution < 1.29 is 26.4 Å². The molecule has 0 saturated carbocycles. The van der Waals surface area contributed by atoms with Crippen molar-refractivity contribution >= 4 is 27.3 Å². The number of nitrogens with one attached hydrogen (secondary N) is 1. The van der Waals surface area contributed by atoms with E-state index in [9.17, 15) is 26.4 Å². The van der Waals surface area contributed by atoms with Crippen LogP contribution in [-0.4, -0.2) is 26.9 Å². The van der Waals surface area contributed by atoms with Crippen LogP contribution in [0.4, 0.5) is 24.5 Å². The Kier molecular flexibility index (Phi) is 4.57. The van der Waals surface area contributed by atoms with Crippen molar-refractivity contribution in [1.29, 1.82) is 0 Å². The molecule has 0 atom stereocenters. The maximum Gasteiger partial charge on any atom is 0.516 e. The zero-order chi connectivity index (χ0) is 16.6. The predicted octanol–water partition coefficient (Wildman–Crippen LogP) is 2.55. The van der Waals surface area contributed by atoms with Gasteiger partial charge < -0.3 is 5.32 Å². The number of halogens is 3. The van der Waals surface area contributed by atoms with Gasteiger partial charge in [-0.05, 0) is 31.0 Å². The van der Waals surface area contributed by atoms with Crippen molar-refractivity contribution in [3.05, 3.63) is 23.3 Å². The van der Waals surface area contributed by atoms with E-state index in [-0.39, 0.29) is 15.7 Å². The third-order valence-corrected chi connectivity index (χ3v) is 4.35. The van der Waals surface area contributed by atoms with Gasteiger partial charge in [0.15, 0.2) is 0 Å². The quantitative estimate of drug-likeness (QED) is 0.929. The Balaban J connectivity index is 3.40. The number of carbonyl (C=O) groups excluding carboxylic acids is 1. The number of carbonyl (C=O) groups is 1. The highest BCUT2D eigenvalue weighted by molar-refractivity contribution is 7.93. The number of sulfonamides is 1. The van der Waals surface area contributed by atoms with Crippen LogP contribution in [0, 0.1) is 13.8 Å². The molecule has 0 bridgehead atoms. The average molecular weight is 324 g/mol. The first-order valence-electron chi connectivity index (χ1n) is 5.82. The summed E-state index contributed by atoms with van der Waals surface area (Å²) in [7, 11) is -4.67. The Bertz CT molecular complexity index is 669. The molecule has 0 unspecified atom stereocenters. The first-order valence-corrected chi connectivity index (χ1v) is 7.26. The third-order valence-electron chi connectivity index (χ3n) is 2.85. The van der Waals surface area contributed by atoms with Crippen LogP contribution < -0.4 is 9.62 Å². The highest BCUT2D eigenvalue weighted by Gasteiger charge is 2.49. The lowest BCUT2D eigenvalue weighted by Crippen LogP contribution is -2.38. The van der Waals surface area contributed by atoms with E-state index in [1.165, 1.54) is 26.0 Å². The molecule has 0 saturated heterocycles. The second kappa shape index (κ2) is 5.55. The van der Waals surface area contributed by atoms with E-state index in [1.807, 2.05) is 0 Å². The summed E-state index contributed by atoms with van der Waals surface area (Å²) in [5.41, 5.74) is -4.33. The molecule has 5 nitrogen and oxygen atoms in total. The number of hydrogen-bond acceptors (Lipinski definition) is 3. The Hall–Kier alpha value is -1.77. The van der Waals surface area contributed by atoms with E-state index in [2.05, 4.69) is 5.32 Å². The Morgan fingerprint density at radius 3 is 2.14 bits per heavy atom. The molecule has 1 N–H and O–H groups in total. The van der Waals surface area contributed by atoms with Crippen LogP contribution in [0.3, 0.4) is 0 Å². The fraction of sp³-hybridized carbons (Fsp3) is 0.417. The zero-order valence-electron chi connectivity index (χ0n) is 11.9. The summed E-state index contributed by atoms with van der Waals surface area (Å²) in [4.78, 5) is 11.1. The van der Waals surface area contributed by atoms with Gasteiger partial charge in [0, 0.05) is 19.7 Å². The summed E-state index contributed by atoms with van der Waals surface area (Å²) >= 11 is 0. The van der Waals surface area contributed by atoms with Crippen LogP contribution in [0.15, 0.2) is 12.1 Å². The lowest BCUT2D eigenvalue weighted by Gasteiger charge is -2.23. The second-order valence-corrected chi connectivity index (χ2v) is 6.51.